The first-order chi connectivity index (χ1) is 8.27. The highest BCUT2D eigenvalue weighted by molar-refractivity contribution is 5.36. The van der Waals surface area contributed by atoms with Crippen molar-refractivity contribution >= 4 is 0 Å². The van der Waals surface area contributed by atoms with Crippen molar-refractivity contribution in [2.45, 2.75) is 63.1 Å². The van der Waals surface area contributed by atoms with E-state index in [4.69, 9.17) is 4.74 Å². The summed E-state index contributed by atoms with van der Waals surface area (Å²) in [6.45, 7) is 4.55. The molecule has 2 bridgehead atoms. The van der Waals surface area contributed by atoms with Crippen LogP contribution in [0.3, 0.4) is 0 Å². The van der Waals surface area contributed by atoms with Crippen molar-refractivity contribution in [2.75, 3.05) is 0 Å². The predicted molar refractivity (Wildman–Crippen MR) is 68.7 cm³/mol. The maximum atomic E-state index is 6.50. The van der Waals surface area contributed by atoms with E-state index in [0.717, 1.165) is 0 Å². The second-order valence-corrected chi connectivity index (χ2v) is 6.54. The second kappa shape index (κ2) is 3.26. The molecular formula is C16H22O. The molecule has 3 atom stereocenters. The van der Waals surface area contributed by atoms with E-state index in [1.165, 1.54) is 51.4 Å². The third kappa shape index (κ3) is 1.14. The van der Waals surface area contributed by atoms with Gasteiger partial charge in [0, 0.05) is 11.3 Å². The minimum Gasteiger partial charge on any atom is -0.362 e. The van der Waals surface area contributed by atoms with Gasteiger partial charge in [-0.3, -0.25) is 0 Å². The maximum absolute atomic E-state index is 6.50. The van der Waals surface area contributed by atoms with Gasteiger partial charge in [0.25, 0.3) is 0 Å². The van der Waals surface area contributed by atoms with Crippen LogP contribution in [0.15, 0.2) is 24.3 Å². The molecule has 4 rings (SSSR count). The van der Waals surface area contributed by atoms with Gasteiger partial charge in [0.15, 0.2) is 0 Å². The van der Waals surface area contributed by atoms with E-state index in [1.807, 2.05) is 0 Å². The molecule has 2 aliphatic carbocycles. The summed E-state index contributed by atoms with van der Waals surface area (Å²) >= 11 is 0. The summed E-state index contributed by atoms with van der Waals surface area (Å²) in [5, 5.41) is 0. The number of rotatable bonds is 0. The molecule has 2 aliphatic heterocycles. The lowest BCUT2D eigenvalue weighted by atomic mass is 9.61. The molecule has 0 unspecified atom stereocenters. The molecule has 92 valence electrons. The molecule has 1 heteroatoms. The Morgan fingerprint density at radius 3 is 2.76 bits per heavy atom. The van der Waals surface area contributed by atoms with Crippen LogP contribution in [0, 0.1) is 11.3 Å². The Kier molecular flexibility index (Phi) is 1.99. The van der Waals surface area contributed by atoms with Gasteiger partial charge in [-0.25, -0.2) is 0 Å². The number of fused-ring (bicyclic) bond motifs is 2. The monoisotopic (exact) mass is 230 g/mol. The third-order valence-corrected chi connectivity index (χ3v) is 5.90. The van der Waals surface area contributed by atoms with E-state index in [1.54, 1.807) is 5.57 Å². The first-order valence-corrected chi connectivity index (χ1v) is 7.33. The number of hydrogen-bond donors (Lipinski definition) is 0. The average molecular weight is 230 g/mol. The van der Waals surface area contributed by atoms with Crippen LogP contribution in [0.5, 0.6) is 0 Å². The van der Waals surface area contributed by atoms with Gasteiger partial charge in [-0.05, 0) is 32.1 Å². The molecule has 3 fully saturated rings. The van der Waals surface area contributed by atoms with Crippen molar-refractivity contribution in [1.82, 2.24) is 0 Å². The van der Waals surface area contributed by atoms with Gasteiger partial charge in [-0.1, -0.05) is 43.6 Å². The molecule has 2 spiro atoms. The zero-order chi connectivity index (χ0) is 11.5. The van der Waals surface area contributed by atoms with Gasteiger partial charge in [0.1, 0.15) is 0 Å². The Hall–Kier alpha value is -0.560. The van der Waals surface area contributed by atoms with Gasteiger partial charge in [-0.15, -0.1) is 0 Å². The number of ether oxygens (including phenoxy) is 1. The fourth-order valence-electron chi connectivity index (χ4n) is 4.99. The van der Waals surface area contributed by atoms with Crippen LogP contribution in [0.25, 0.3) is 0 Å². The second-order valence-electron chi connectivity index (χ2n) is 6.54. The summed E-state index contributed by atoms with van der Waals surface area (Å²) in [5.41, 5.74) is 1.93. The molecule has 1 saturated heterocycles. The van der Waals surface area contributed by atoms with Crippen molar-refractivity contribution in [3.63, 3.8) is 0 Å². The van der Waals surface area contributed by atoms with E-state index >= 15 is 0 Å². The lowest BCUT2D eigenvalue weighted by Gasteiger charge is -2.52. The van der Waals surface area contributed by atoms with Crippen LogP contribution in [0.4, 0.5) is 0 Å². The Morgan fingerprint density at radius 1 is 1.12 bits per heavy atom. The van der Waals surface area contributed by atoms with Gasteiger partial charge in [0.2, 0.25) is 0 Å². The molecule has 2 heterocycles. The summed E-state index contributed by atoms with van der Waals surface area (Å²) in [5.74, 6) is 0.621. The first-order valence-electron chi connectivity index (χ1n) is 7.33. The first kappa shape index (κ1) is 10.4. The SMILES string of the molecule is C=C1[C@H]2CCC[C@@]23C=C[C@H](O3)C12CCCCC2. The molecule has 0 aromatic rings. The van der Waals surface area contributed by atoms with Crippen molar-refractivity contribution in [3.05, 3.63) is 24.3 Å². The highest BCUT2D eigenvalue weighted by atomic mass is 16.5. The summed E-state index contributed by atoms with van der Waals surface area (Å²) in [7, 11) is 0. The average Bonchev–Trinajstić information content (AvgIpc) is 2.96. The number of hydrogen-bond acceptors (Lipinski definition) is 1. The fraction of sp³-hybridized carbons (Fsp3) is 0.750. The standard InChI is InChI=1S/C16H22O/c1-12-13-6-5-10-16(13)11-7-14(17-16)15(12)8-3-2-4-9-15/h7,11,13-14H,1-6,8-10H2/t13-,14+,16-/m1/s1. The molecule has 4 aliphatic rings. The molecule has 0 radical (unpaired) electrons. The van der Waals surface area contributed by atoms with Crippen molar-refractivity contribution < 1.29 is 4.74 Å². The zero-order valence-corrected chi connectivity index (χ0v) is 10.6. The molecular weight excluding hydrogens is 208 g/mol. The zero-order valence-electron chi connectivity index (χ0n) is 10.6. The Morgan fingerprint density at radius 2 is 1.94 bits per heavy atom. The lowest BCUT2D eigenvalue weighted by molar-refractivity contribution is -0.127. The van der Waals surface area contributed by atoms with Crippen LogP contribution in [-0.2, 0) is 4.74 Å². The maximum Gasteiger partial charge on any atom is 0.0936 e. The fourth-order valence-corrected chi connectivity index (χ4v) is 4.99. The van der Waals surface area contributed by atoms with Gasteiger partial charge >= 0.3 is 0 Å². The normalized spacial score (nSPS) is 46.5. The Balaban J connectivity index is 1.78. The molecule has 0 amide bonds. The van der Waals surface area contributed by atoms with Crippen LogP contribution in [-0.4, -0.2) is 11.7 Å². The predicted octanol–water partition coefficient (Wildman–Crippen LogP) is 4.00. The Bertz CT molecular complexity index is 388. The van der Waals surface area contributed by atoms with E-state index in [-0.39, 0.29) is 5.60 Å². The lowest BCUT2D eigenvalue weighted by Crippen LogP contribution is -2.51. The van der Waals surface area contributed by atoms with E-state index in [9.17, 15) is 0 Å². The molecule has 0 aromatic heterocycles. The van der Waals surface area contributed by atoms with E-state index in [0.29, 0.717) is 17.4 Å². The van der Waals surface area contributed by atoms with E-state index in [2.05, 4.69) is 18.7 Å². The smallest absolute Gasteiger partial charge is 0.0936 e. The summed E-state index contributed by atoms with van der Waals surface area (Å²) in [6, 6.07) is 0. The largest absolute Gasteiger partial charge is 0.362 e. The van der Waals surface area contributed by atoms with Crippen LogP contribution < -0.4 is 0 Å². The molecule has 2 saturated carbocycles. The van der Waals surface area contributed by atoms with Crippen molar-refractivity contribution in [3.8, 4) is 0 Å². The van der Waals surface area contributed by atoms with Crippen molar-refractivity contribution in [1.29, 1.82) is 0 Å². The third-order valence-electron chi connectivity index (χ3n) is 5.90. The molecule has 0 aromatic carbocycles. The van der Waals surface area contributed by atoms with Crippen molar-refractivity contribution in [2.24, 2.45) is 11.3 Å². The minimum absolute atomic E-state index is 0.0739. The minimum atomic E-state index is 0.0739. The van der Waals surface area contributed by atoms with Gasteiger partial charge in [-0.2, -0.15) is 0 Å². The Labute approximate surface area is 104 Å². The molecule has 1 nitrogen and oxygen atoms in total. The van der Waals surface area contributed by atoms with Gasteiger partial charge in [0.05, 0.1) is 11.7 Å². The highest BCUT2D eigenvalue weighted by Crippen LogP contribution is 2.62. The molecule has 0 N–H and O–H groups in total. The van der Waals surface area contributed by atoms with Crippen LogP contribution in [0.2, 0.25) is 0 Å². The van der Waals surface area contributed by atoms with E-state index < -0.39 is 0 Å². The quantitative estimate of drug-likeness (QED) is 0.571. The van der Waals surface area contributed by atoms with Crippen LogP contribution in [0.1, 0.15) is 51.4 Å². The summed E-state index contributed by atoms with van der Waals surface area (Å²) in [6.07, 6.45) is 15.7. The highest BCUT2D eigenvalue weighted by Gasteiger charge is 2.60. The summed E-state index contributed by atoms with van der Waals surface area (Å²) < 4.78 is 6.50. The van der Waals surface area contributed by atoms with Gasteiger partial charge < -0.3 is 4.74 Å². The molecule has 17 heavy (non-hydrogen) atoms. The topological polar surface area (TPSA) is 9.23 Å². The summed E-state index contributed by atoms with van der Waals surface area (Å²) in [4.78, 5) is 0. The van der Waals surface area contributed by atoms with Crippen LogP contribution >= 0.6 is 0 Å².